The quantitative estimate of drug-likeness (QED) is 0.760. The summed E-state index contributed by atoms with van der Waals surface area (Å²) in [6, 6.07) is 0. The largest absolute Gasteiger partial charge is 0.405 e. The molecule has 0 aromatic rings. The number of alkyl halides is 3. The lowest BCUT2D eigenvalue weighted by molar-refractivity contribution is -0.139. The number of hydrogen-bond acceptors (Lipinski definition) is 4. The molecule has 6 nitrogen and oxygen atoms in total. The highest BCUT2D eigenvalue weighted by Gasteiger charge is 2.28. The minimum absolute atomic E-state index is 0.0566. The zero-order valence-electron chi connectivity index (χ0n) is 14.5. The molecule has 24 heavy (non-hydrogen) atoms. The van der Waals surface area contributed by atoms with Crippen molar-refractivity contribution in [3.05, 3.63) is 0 Å². The summed E-state index contributed by atoms with van der Waals surface area (Å²) in [5, 5.41) is 4.77. The van der Waals surface area contributed by atoms with Gasteiger partial charge in [0.2, 0.25) is 11.8 Å². The molecule has 0 saturated carbocycles. The van der Waals surface area contributed by atoms with Crippen LogP contribution in [0.15, 0.2) is 0 Å². The Balaban J connectivity index is 2.34. The summed E-state index contributed by atoms with van der Waals surface area (Å²) in [7, 11) is 0. The van der Waals surface area contributed by atoms with Crippen LogP contribution in [-0.4, -0.2) is 79.1 Å². The normalized spacial score (nSPS) is 18.1. The summed E-state index contributed by atoms with van der Waals surface area (Å²) in [6.07, 6.45) is -3.64. The highest BCUT2D eigenvalue weighted by atomic mass is 19.4. The predicted molar refractivity (Wildman–Crippen MR) is 84.5 cm³/mol. The van der Waals surface area contributed by atoms with Crippen LogP contribution in [0.1, 0.15) is 27.2 Å². The van der Waals surface area contributed by atoms with E-state index in [4.69, 9.17) is 0 Å². The van der Waals surface area contributed by atoms with Crippen molar-refractivity contribution in [3.63, 3.8) is 0 Å². The highest BCUT2D eigenvalue weighted by Crippen LogP contribution is 2.12. The van der Waals surface area contributed by atoms with Crippen LogP contribution in [0.4, 0.5) is 13.2 Å². The van der Waals surface area contributed by atoms with Crippen molar-refractivity contribution in [1.29, 1.82) is 0 Å². The minimum Gasteiger partial charge on any atom is -0.350 e. The third-order valence-corrected chi connectivity index (χ3v) is 3.42. The van der Waals surface area contributed by atoms with Crippen molar-refractivity contribution in [2.24, 2.45) is 0 Å². The van der Waals surface area contributed by atoms with E-state index < -0.39 is 18.6 Å². The van der Waals surface area contributed by atoms with E-state index in [0.717, 1.165) is 13.0 Å². The van der Waals surface area contributed by atoms with Gasteiger partial charge < -0.3 is 10.6 Å². The topological polar surface area (TPSA) is 64.7 Å². The van der Waals surface area contributed by atoms with Crippen LogP contribution in [0.5, 0.6) is 0 Å². The number of hydrogen-bond donors (Lipinski definition) is 2. The van der Waals surface area contributed by atoms with E-state index in [1.54, 1.807) is 0 Å². The molecule has 1 saturated heterocycles. The molecule has 140 valence electrons. The Labute approximate surface area is 140 Å². The Morgan fingerprint density at radius 3 is 1.88 bits per heavy atom. The molecule has 1 aliphatic heterocycles. The van der Waals surface area contributed by atoms with E-state index in [9.17, 15) is 22.8 Å². The Bertz CT molecular complexity index is 435. The zero-order valence-corrected chi connectivity index (χ0v) is 14.5. The van der Waals surface area contributed by atoms with E-state index in [-0.39, 0.29) is 24.5 Å². The fourth-order valence-electron chi connectivity index (χ4n) is 2.46. The molecule has 1 rings (SSSR count). The number of nitrogens with zero attached hydrogens (tertiary/aromatic N) is 2. The van der Waals surface area contributed by atoms with E-state index in [1.807, 2.05) is 35.9 Å². The first kappa shape index (κ1) is 20.7. The molecule has 0 aromatic carbocycles. The monoisotopic (exact) mass is 352 g/mol. The van der Waals surface area contributed by atoms with Crippen LogP contribution in [0.25, 0.3) is 0 Å². The average molecular weight is 352 g/mol. The van der Waals surface area contributed by atoms with Crippen LogP contribution in [0.2, 0.25) is 0 Å². The van der Waals surface area contributed by atoms with Gasteiger partial charge in [0.05, 0.1) is 13.1 Å². The van der Waals surface area contributed by atoms with E-state index in [0.29, 0.717) is 19.6 Å². The van der Waals surface area contributed by atoms with Crippen molar-refractivity contribution in [2.45, 2.75) is 38.9 Å². The Hall–Kier alpha value is -1.35. The van der Waals surface area contributed by atoms with Gasteiger partial charge >= 0.3 is 6.18 Å². The number of carbonyl (C=O) groups is 2. The summed E-state index contributed by atoms with van der Waals surface area (Å²) in [5.74, 6) is -0.690. The third kappa shape index (κ3) is 9.71. The van der Waals surface area contributed by atoms with Crippen LogP contribution >= 0.6 is 0 Å². The maximum absolute atomic E-state index is 12.1. The third-order valence-electron chi connectivity index (χ3n) is 3.42. The van der Waals surface area contributed by atoms with E-state index in [2.05, 4.69) is 5.32 Å². The smallest absolute Gasteiger partial charge is 0.350 e. The van der Waals surface area contributed by atoms with Crippen LogP contribution in [0, 0.1) is 0 Å². The predicted octanol–water partition coefficient (Wildman–Crippen LogP) is 0.587. The van der Waals surface area contributed by atoms with Crippen molar-refractivity contribution >= 4 is 11.8 Å². The standard InChI is InChI=1S/C15H27F3N4O2/c1-14(2,3)20-13(24)10-22-6-4-5-21(7-8-22)9-12(23)19-11-15(16,17)18/h4-11H2,1-3H3,(H,19,23)(H,20,24). The van der Waals surface area contributed by atoms with Crippen LogP contribution in [0.3, 0.4) is 0 Å². The van der Waals surface area contributed by atoms with Gasteiger partial charge in [-0.15, -0.1) is 0 Å². The number of rotatable bonds is 5. The first-order chi connectivity index (χ1) is 10.9. The first-order valence-corrected chi connectivity index (χ1v) is 8.04. The molecule has 2 amide bonds. The molecule has 0 bridgehead atoms. The Kier molecular flexibility index (Phi) is 7.47. The van der Waals surface area contributed by atoms with Gasteiger partial charge in [-0.3, -0.25) is 19.4 Å². The van der Waals surface area contributed by atoms with Crippen molar-refractivity contribution < 1.29 is 22.8 Å². The zero-order chi connectivity index (χ0) is 18.4. The number of amides is 2. The first-order valence-electron chi connectivity index (χ1n) is 8.04. The van der Waals surface area contributed by atoms with Gasteiger partial charge in [-0.25, -0.2) is 0 Å². The number of carbonyl (C=O) groups excluding carboxylic acids is 2. The van der Waals surface area contributed by atoms with Crippen LogP contribution < -0.4 is 10.6 Å². The van der Waals surface area contributed by atoms with Gasteiger partial charge in [-0.2, -0.15) is 13.2 Å². The molecule has 1 heterocycles. The lowest BCUT2D eigenvalue weighted by atomic mass is 10.1. The highest BCUT2D eigenvalue weighted by molar-refractivity contribution is 5.79. The van der Waals surface area contributed by atoms with Gasteiger partial charge in [-0.05, 0) is 40.3 Å². The van der Waals surface area contributed by atoms with Gasteiger partial charge in [0.1, 0.15) is 6.54 Å². The second-order valence-corrected chi connectivity index (χ2v) is 7.10. The average Bonchev–Trinajstić information content (AvgIpc) is 2.59. The summed E-state index contributed by atoms with van der Waals surface area (Å²) < 4.78 is 36.2. The fraction of sp³-hybridized carbons (Fsp3) is 0.867. The van der Waals surface area contributed by atoms with Crippen LogP contribution in [-0.2, 0) is 9.59 Å². The van der Waals surface area contributed by atoms with Gasteiger partial charge in [0.15, 0.2) is 0 Å². The second kappa shape index (κ2) is 8.66. The summed E-state index contributed by atoms with van der Waals surface area (Å²) in [5.41, 5.74) is -0.286. The molecule has 0 aliphatic carbocycles. The Morgan fingerprint density at radius 1 is 0.917 bits per heavy atom. The van der Waals surface area contributed by atoms with E-state index >= 15 is 0 Å². The lowest BCUT2D eigenvalue weighted by Gasteiger charge is -2.25. The summed E-state index contributed by atoms with van der Waals surface area (Å²) in [4.78, 5) is 27.3. The molecule has 2 N–H and O–H groups in total. The van der Waals surface area contributed by atoms with Gasteiger partial charge in [-0.1, -0.05) is 0 Å². The lowest BCUT2D eigenvalue weighted by Crippen LogP contribution is -2.46. The fourth-order valence-corrected chi connectivity index (χ4v) is 2.46. The summed E-state index contributed by atoms with van der Waals surface area (Å²) in [6.45, 7) is 7.14. The molecule has 0 spiro atoms. The molecular weight excluding hydrogens is 325 g/mol. The maximum atomic E-state index is 12.1. The molecule has 0 aromatic heterocycles. The summed E-state index contributed by atoms with van der Waals surface area (Å²) >= 11 is 0. The molecule has 1 aliphatic rings. The maximum Gasteiger partial charge on any atom is 0.405 e. The minimum atomic E-state index is -4.40. The Morgan fingerprint density at radius 2 is 1.42 bits per heavy atom. The molecule has 0 unspecified atom stereocenters. The van der Waals surface area contributed by atoms with E-state index in [1.165, 1.54) is 0 Å². The molecule has 9 heteroatoms. The SMILES string of the molecule is CC(C)(C)NC(=O)CN1CCCN(CC(=O)NCC(F)(F)F)CC1. The van der Waals surface area contributed by atoms with Crippen molar-refractivity contribution in [3.8, 4) is 0 Å². The van der Waals surface area contributed by atoms with Crippen molar-refractivity contribution in [2.75, 3.05) is 45.8 Å². The number of nitrogens with one attached hydrogen (secondary N) is 2. The molecule has 0 radical (unpaired) electrons. The second-order valence-electron chi connectivity index (χ2n) is 7.10. The number of halogens is 3. The van der Waals surface area contributed by atoms with Crippen molar-refractivity contribution in [1.82, 2.24) is 20.4 Å². The molecular formula is C15H27F3N4O2. The molecule has 1 fully saturated rings. The van der Waals surface area contributed by atoms with Gasteiger partial charge in [0, 0.05) is 18.6 Å². The van der Waals surface area contributed by atoms with Gasteiger partial charge in [0.25, 0.3) is 0 Å². The molecule has 0 atom stereocenters.